The Hall–Kier alpha value is -0.830. The fourth-order valence-corrected chi connectivity index (χ4v) is 4.21. The van der Waals surface area contributed by atoms with Crippen LogP contribution in [0.5, 0.6) is 0 Å². The lowest BCUT2D eigenvalue weighted by molar-refractivity contribution is 0.191. The monoisotopic (exact) mass is 291 g/mol. The van der Waals surface area contributed by atoms with Crippen molar-refractivity contribution in [3.63, 3.8) is 0 Å². The smallest absolute Gasteiger partial charge is 0.0640 e. The molecule has 1 aliphatic rings. The highest BCUT2D eigenvalue weighted by molar-refractivity contribution is 5.06. The number of hydrogen-bond donors (Lipinski definition) is 1. The molecule has 0 aliphatic heterocycles. The fraction of sp³-hybridized carbons (Fsp3) is 0.833. The first-order valence-corrected chi connectivity index (χ1v) is 8.90. The van der Waals surface area contributed by atoms with Crippen LogP contribution < -0.4 is 5.32 Å². The summed E-state index contributed by atoms with van der Waals surface area (Å²) in [4.78, 5) is 0. The summed E-state index contributed by atoms with van der Waals surface area (Å²) in [6.07, 6.45) is 12.4. The van der Waals surface area contributed by atoms with Crippen LogP contribution in [0.2, 0.25) is 0 Å². The second kappa shape index (κ2) is 7.44. The summed E-state index contributed by atoms with van der Waals surface area (Å²) in [5.74, 6) is 0. The summed E-state index contributed by atoms with van der Waals surface area (Å²) in [5.41, 5.74) is 1.74. The van der Waals surface area contributed by atoms with Crippen molar-refractivity contribution in [3.05, 3.63) is 18.0 Å². The number of aromatic nitrogens is 2. The molecule has 0 saturated heterocycles. The molecule has 1 aliphatic carbocycles. The standard InChI is InChI=1S/C18H33N3/c1-5-16(6-2)21-13-10-15(20-21)14-17(19-4)18(7-3)11-8-9-12-18/h10,13,16-17,19H,5-9,11-12,14H2,1-4H3. The number of nitrogens with one attached hydrogen (secondary N) is 1. The topological polar surface area (TPSA) is 29.9 Å². The Kier molecular flexibility index (Phi) is 5.86. The van der Waals surface area contributed by atoms with Gasteiger partial charge in [-0.15, -0.1) is 0 Å². The van der Waals surface area contributed by atoms with Crippen molar-refractivity contribution >= 4 is 0 Å². The molecule has 1 unspecified atom stereocenters. The minimum absolute atomic E-state index is 0.493. The number of rotatable bonds is 8. The lowest BCUT2D eigenvalue weighted by atomic mass is 9.74. The van der Waals surface area contributed by atoms with Gasteiger partial charge in [-0.05, 0) is 50.6 Å². The molecule has 0 aromatic carbocycles. The first-order chi connectivity index (χ1) is 10.2. The molecule has 1 heterocycles. The summed E-state index contributed by atoms with van der Waals surface area (Å²) < 4.78 is 2.18. The van der Waals surface area contributed by atoms with Crippen molar-refractivity contribution in [2.75, 3.05) is 7.05 Å². The molecule has 0 bridgehead atoms. The largest absolute Gasteiger partial charge is 0.316 e. The van der Waals surface area contributed by atoms with Gasteiger partial charge in [0.25, 0.3) is 0 Å². The lowest BCUT2D eigenvalue weighted by Gasteiger charge is -2.36. The maximum Gasteiger partial charge on any atom is 0.0640 e. The quantitative estimate of drug-likeness (QED) is 0.772. The van der Waals surface area contributed by atoms with Crippen molar-refractivity contribution in [1.29, 1.82) is 0 Å². The molecule has 1 atom stereocenters. The number of hydrogen-bond acceptors (Lipinski definition) is 2. The van der Waals surface area contributed by atoms with Gasteiger partial charge >= 0.3 is 0 Å². The van der Waals surface area contributed by atoms with Crippen molar-refractivity contribution in [1.82, 2.24) is 15.1 Å². The Balaban J connectivity index is 2.08. The predicted molar refractivity (Wildman–Crippen MR) is 89.6 cm³/mol. The Morgan fingerprint density at radius 3 is 2.43 bits per heavy atom. The van der Waals surface area contributed by atoms with Gasteiger partial charge in [0.2, 0.25) is 0 Å². The van der Waals surface area contributed by atoms with Gasteiger partial charge < -0.3 is 5.32 Å². The van der Waals surface area contributed by atoms with Crippen LogP contribution in [-0.4, -0.2) is 22.9 Å². The molecule has 1 fully saturated rings. The molecule has 0 amide bonds. The van der Waals surface area contributed by atoms with Gasteiger partial charge in [0.15, 0.2) is 0 Å². The van der Waals surface area contributed by atoms with Crippen LogP contribution in [0.4, 0.5) is 0 Å². The van der Waals surface area contributed by atoms with Crippen LogP contribution in [0.15, 0.2) is 12.3 Å². The summed E-state index contributed by atoms with van der Waals surface area (Å²) in [6.45, 7) is 6.85. The van der Waals surface area contributed by atoms with E-state index in [1.54, 1.807) is 0 Å². The van der Waals surface area contributed by atoms with Gasteiger partial charge in [-0.1, -0.05) is 33.6 Å². The molecular formula is C18H33N3. The van der Waals surface area contributed by atoms with E-state index in [1.165, 1.54) is 37.8 Å². The summed E-state index contributed by atoms with van der Waals surface area (Å²) in [7, 11) is 2.12. The van der Waals surface area contributed by atoms with E-state index in [4.69, 9.17) is 5.10 Å². The number of likely N-dealkylation sites (N-methyl/N-ethyl adjacent to an activating group) is 1. The maximum absolute atomic E-state index is 4.85. The van der Waals surface area contributed by atoms with Crippen LogP contribution in [-0.2, 0) is 6.42 Å². The molecule has 21 heavy (non-hydrogen) atoms. The first kappa shape index (κ1) is 16.5. The lowest BCUT2D eigenvalue weighted by Crippen LogP contribution is -2.43. The molecule has 0 spiro atoms. The minimum atomic E-state index is 0.493. The normalized spacial score (nSPS) is 19.3. The van der Waals surface area contributed by atoms with E-state index in [9.17, 15) is 0 Å². The summed E-state index contributed by atoms with van der Waals surface area (Å²) in [5, 5.41) is 8.45. The van der Waals surface area contributed by atoms with Crippen LogP contribution in [0.1, 0.15) is 77.5 Å². The molecule has 0 radical (unpaired) electrons. The Morgan fingerprint density at radius 2 is 1.90 bits per heavy atom. The molecule has 1 N–H and O–H groups in total. The third-order valence-corrected chi connectivity index (χ3v) is 5.78. The van der Waals surface area contributed by atoms with Crippen LogP contribution in [0.3, 0.4) is 0 Å². The van der Waals surface area contributed by atoms with Crippen molar-refractivity contribution in [2.24, 2.45) is 5.41 Å². The fourth-order valence-electron chi connectivity index (χ4n) is 4.21. The zero-order valence-corrected chi connectivity index (χ0v) is 14.4. The molecule has 1 saturated carbocycles. The van der Waals surface area contributed by atoms with Crippen molar-refractivity contribution in [2.45, 2.75) is 84.2 Å². The molecule has 1 aromatic heterocycles. The average molecular weight is 291 g/mol. The van der Waals surface area contributed by atoms with E-state index >= 15 is 0 Å². The van der Waals surface area contributed by atoms with Crippen LogP contribution in [0.25, 0.3) is 0 Å². The van der Waals surface area contributed by atoms with E-state index in [-0.39, 0.29) is 0 Å². The molecule has 1 aromatic rings. The van der Waals surface area contributed by atoms with Gasteiger partial charge in [-0.3, -0.25) is 4.68 Å². The van der Waals surface area contributed by atoms with Gasteiger partial charge in [0.1, 0.15) is 0 Å². The number of nitrogens with zero attached hydrogens (tertiary/aromatic N) is 2. The van der Waals surface area contributed by atoms with E-state index in [2.05, 4.69) is 50.1 Å². The molecule has 120 valence electrons. The highest BCUT2D eigenvalue weighted by Crippen LogP contribution is 2.44. The third kappa shape index (κ3) is 3.50. The summed E-state index contributed by atoms with van der Waals surface area (Å²) >= 11 is 0. The highest BCUT2D eigenvalue weighted by Gasteiger charge is 2.39. The van der Waals surface area contributed by atoms with Gasteiger partial charge in [0.05, 0.1) is 11.7 Å². The van der Waals surface area contributed by atoms with E-state index in [0.717, 1.165) is 19.3 Å². The average Bonchev–Trinajstić information content (AvgIpc) is 3.16. The Morgan fingerprint density at radius 1 is 1.24 bits per heavy atom. The van der Waals surface area contributed by atoms with Crippen molar-refractivity contribution < 1.29 is 0 Å². The van der Waals surface area contributed by atoms with E-state index in [0.29, 0.717) is 17.5 Å². The highest BCUT2D eigenvalue weighted by atomic mass is 15.3. The van der Waals surface area contributed by atoms with Crippen molar-refractivity contribution in [3.8, 4) is 0 Å². The third-order valence-electron chi connectivity index (χ3n) is 5.78. The molecule has 2 rings (SSSR count). The zero-order chi connectivity index (χ0) is 15.3. The van der Waals surface area contributed by atoms with Gasteiger partial charge in [-0.25, -0.2) is 0 Å². The second-order valence-electron chi connectivity index (χ2n) is 6.73. The van der Waals surface area contributed by atoms with E-state index in [1.807, 2.05) is 0 Å². The molecule has 3 nitrogen and oxygen atoms in total. The van der Waals surface area contributed by atoms with Gasteiger partial charge in [0, 0.05) is 18.7 Å². The first-order valence-electron chi connectivity index (χ1n) is 8.90. The molecular weight excluding hydrogens is 258 g/mol. The maximum atomic E-state index is 4.85. The SMILES string of the molecule is CCC(CC)n1ccc(CC(NC)C2(CC)CCCC2)n1. The summed E-state index contributed by atoms with van der Waals surface area (Å²) in [6, 6.07) is 3.34. The van der Waals surface area contributed by atoms with Gasteiger partial charge in [-0.2, -0.15) is 5.10 Å². The van der Waals surface area contributed by atoms with E-state index < -0.39 is 0 Å². The second-order valence-corrected chi connectivity index (χ2v) is 6.73. The Labute approximate surface area is 130 Å². The molecule has 3 heteroatoms. The zero-order valence-electron chi connectivity index (χ0n) is 14.4. The minimum Gasteiger partial charge on any atom is -0.316 e. The Bertz CT molecular complexity index is 414. The predicted octanol–water partition coefficient (Wildman–Crippen LogP) is 4.35. The van der Waals surface area contributed by atoms with Crippen LogP contribution >= 0.6 is 0 Å². The van der Waals surface area contributed by atoms with Crippen LogP contribution in [0, 0.1) is 5.41 Å².